The highest BCUT2D eigenvalue weighted by atomic mass is 16.5. The average Bonchev–Trinajstić information content (AvgIpc) is 3.12. The van der Waals surface area contributed by atoms with Crippen LogP contribution in [0.2, 0.25) is 0 Å². The Balaban J connectivity index is 1.56. The molecule has 0 aliphatic carbocycles. The molecule has 2 aliphatic rings. The first-order valence-corrected chi connectivity index (χ1v) is 7.06. The molecule has 0 spiro atoms. The van der Waals surface area contributed by atoms with Crippen LogP contribution >= 0.6 is 0 Å². The highest BCUT2D eigenvalue weighted by molar-refractivity contribution is 5.76. The minimum absolute atomic E-state index is 0.138. The molecule has 104 valence electrons. The summed E-state index contributed by atoms with van der Waals surface area (Å²) in [5, 5.41) is 4.18. The van der Waals surface area contributed by atoms with Crippen LogP contribution in [0, 0.1) is 0 Å². The fourth-order valence-electron chi connectivity index (χ4n) is 2.93. The maximum Gasteiger partial charge on any atom is 0.225 e. The van der Waals surface area contributed by atoms with E-state index in [0.29, 0.717) is 6.42 Å². The van der Waals surface area contributed by atoms with E-state index in [-0.39, 0.29) is 18.1 Å². The maximum atomic E-state index is 12.3. The van der Waals surface area contributed by atoms with E-state index in [1.807, 2.05) is 9.58 Å². The SMILES string of the molecule is O=C(C[C@H]1CCCO1)N1CCC[C@H](n2cncn2)C1. The van der Waals surface area contributed by atoms with Crippen molar-refractivity contribution in [2.24, 2.45) is 0 Å². The van der Waals surface area contributed by atoms with E-state index >= 15 is 0 Å². The molecule has 19 heavy (non-hydrogen) atoms. The van der Waals surface area contributed by atoms with Crippen LogP contribution in [0.15, 0.2) is 12.7 Å². The smallest absolute Gasteiger partial charge is 0.225 e. The average molecular weight is 264 g/mol. The fourth-order valence-corrected chi connectivity index (χ4v) is 2.93. The Bertz CT molecular complexity index is 414. The van der Waals surface area contributed by atoms with E-state index in [0.717, 1.165) is 45.4 Å². The van der Waals surface area contributed by atoms with E-state index in [2.05, 4.69) is 10.1 Å². The van der Waals surface area contributed by atoms with Gasteiger partial charge in [0.2, 0.25) is 5.91 Å². The Kier molecular flexibility index (Phi) is 3.77. The van der Waals surface area contributed by atoms with Gasteiger partial charge >= 0.3 is 0 Å². The molecule has 6 heteroatoms. The van der Waals surface area contributed by atoms with Gasteiger partial charge in [-0.15, -0.1) is 0 Å². The normalized spacial score (nSPS) is 27.7. The molecule has 0 radical (unpaired) electrons. The second-order valence-corrected chi connectivity index (χ2v) is 5.35. The van der Waals surface area contributed by atoms with Gasteiger partial charge in [0, 0.05) is 19.7 Å². The topological polar surface area (TPSA) is 60.2 Å². The monoisotopic (exact) mass is 264 g/mol. The van der Waals surface area contributed by atoms with Crippen molar-refractivity contribution in [2.45, 2.75) is 44.2 Å². The lowest BCUT2D eigenvalue weighted by Gasteiger charge is -2.33. The molecule has 2 aliphatic heterocycles. The number of hydrogen-bond donors (Lipinski definition) is 0. The van der Waals surface area contributed by atoms with Crippen LogP contribution in [-0.4, -0.2) is 51.4 Å². The zero-order valence-electron chi connectivity index (χ0n) is 11.1. The van der Waals surface area contributed by atoms with Crippen molar-refractivity contribution in [1.82, 2.24) is 19.7 Å². The Labute approximate surface area is 112 Å². The molecule has 0 aromatic carbocycles. The molecular formula is C13H20N4O2. The number of rotatable bonds is 3. The highest BCUT2D eigenvalue weighted by Crippen LogP contribution is 2.22. The molecule has 3 rings (SSSR count). The van der Waals surface area contributed by atoms with E-state index in [4.69, 9.17) is 4.74 Å². The molecule has 3 heterocycles. The minimum atomic E-state index is 0.138. The lowest BCUT2D eigenvalue weighted by Crippen LogP contribution is -2.41. The fraction of sp³-hybridized carbons (Fsp3) is 0.769. The molecule has 0 saturated carbocycles. The van der Waals surface area contributed by atoms with Crippen molar-refractivity contribution in [3.8, 4) is 0 Å². The van der Waals surface area contributed by atoms with E-state index in [1.54, 1.807) is 12.7 Å². The lowest BCUT2D eigenvalue weighted by atomic mass is 10.0. The largest absolute Gasteiger partial charge is 0.378 e. The summed E-state index contributed by atoms with van der Waals surface area (Å²) in [5.41, 5.74) is 0. The predicted octanol–water partition coefficient (Wildman–Crippen LogP) is 1.01. The third-order valence-corrected chi connectivity index (χ3v) is 3.99. The Morgan fingerprint density at radius 3 is 3.05 bits per heavy atom. The molecule has 6 nitrogen and oxygen atoms in total. The number of hydrogen-bond acceptors (Lipinski definition) is 4. The minimum Gasteiger partial charge on any atom is -0.378 e. The van der Waals surface area contributed by atoms with E-state index in [9.17, 15) is 4.79 Å². The number of ether oxygens (including phenoxy) is 1. The lowest BCUT2D eigenvalue weighted by molar-refractivity contribution is -0.135. The molecule has 0 unspecified atom stereocenters. The number of amides is 1. The van der Waals surface area contributed by atoms with Crippen LogP contribution < -0.4 is 0 Å². The molecule has 2 atom stereocenters. The van der Waals surface area contributed by atoms with Crippen LogP contribution in [0.4, 0.5) is 0 Å². The molecular weight excluding hydrogens is 244 g/mol. The van der Waals surface area contributed by atoms with Crippen molar-refractivity contribution in [1.29, 1.82) is 0 Å². The first kappa shape index (κ1) is 12.6. The molecule has 2 saturated heterocycles. The number of carbonyl (C=O) groups excluding carboxylic acids is 1. The van der Waals surface area contributed by atoms with Gasteiger partial charge in [-0.25, -0.2) is 9.67 Å². The van der Waals surface area contributed by atoms with Gasteiger partial charge in [0.15, 0.2) is 0 Å². The first-order chi connectivity index (χ1) is 9.33. The second kappa shape index (κ2) is 5.69. The van der Waals surface area contributed by atoms with Crippen molar-refractivity contribution >= 4 is 5.91 Å². The van der Waals surface area contributed by atoms with Gasteiger partial charge in [-0.05, 0) is 25.7 Å². The molecule has 1 amide bonds. The van der Waals surface area contributed by atoms with Gasteiger partial charge in [0.05, 0.1) is 18.6 Å². The zero-order chi connectivity index (χ0) is 13.1. The maximum absolute atomic E-state index is 12.3. The van der Waals surface area contributed by atoms with E-state index < -0.39 is 0 Å². The summed E-state index contributed by atoms with van der Waals surface area (Å²) in [4.78, 5) is 18.2. The Hall–Kier alpha value is -1.43. The molecule has 1 aromatic rings. The summed E-state index contributed by atoms with van der Waals surface area (Å²) in [5.74, 6) is 0.219. The van der Waals surface area contributed by atoms with Crippen LogP contribution in [0.5, 0.6) is 0 Å². The van der Waals surface area contributed by atoms with E-state index in [1.165, 1.54) is 0 Å². The number of piperidine rings is 1. The zero-order valence-corrected chi connectivity index (χ0v) is 11.1. The highest BCUT2D eigenvalue weighted by Gasteiger charge is 2.27. The number of aromatic nitrogens is 3. The van der Waals surface area contributed by atoms with Gasteiger partial charge in [0.1, 0.15) is 12.7 Å². The van der Waals surface area contributed by atoms with Gasteiger partial charge in [0.25, 0.3) is 0 Å². The Morgan fingerprint density at radius 2 is 2.32 bits per heavy atom. The summed E-state index contributed by atoms with van der Waals surface area (Å²) in [6.07, 6.45) is 8.15. The predicted molar refractivity (Wildman–Crippen MR) is 68.5 cm³/mol. The standard InChI is InChI=1S/C13H20N4O2/c18-13(7-12-4-2-6-19-12)16-5-1-3-11(8-16)17-10-14-9-15-17/h9-12H,1-8H2/t11-,12+/m0/s1. The van der Waals surface area contributed by atoms with Gasteiger partial charge < -0.3 is 9.64 Å². The van der Waals surface area contributed by atoms with Crippen LogP contribution in [-0.2, 0) is 9.53 Å². The van der Waals surface area contributed by atoms with Crippen LogP contribution in [0.3, 0.4) is 0 Å². The van der Waals surface area contributed by atoms with Crippen LogP contribution in [0.1, 0.15) is 38.1 Å². The third-order valence-electron chi connectivity index (χ3n) is 3.99. The number of nitrogens with zero attached hydrogens (tertiary/aromatic N) is 4. The van der Waals surface area contributed by atoms with Gasteiger partial charge in [-0.1, -0.05) is 0 Å². The van der Waals surface area contributed by atoms with Crippen LogP contribution in [0.25, 0.3) is 0 Å². The summed E-state index contributed by atoms with van der Waals surface area (Å²) in [6, 6.07) is 0.268. The van der Waals surface area contributed by atoms with Crippen molar-refractivity contribution in [2.75, 3.05) is 19.7 Å². The summed E-state index contributed by atoms with van der Waals surface area (Å²) in [6.45, 7) is 2.41. The van der Waals surface area contributed by atoms with Gasteiger partial charge in [-0.3, -0.25) is 4.79 Å². The summed E-state index contributed by atoms with van der Waals surface area (Å²) < 4.78 is 7.41. The Morgan fingerprint density at radius 1 is 1.37 bits per heavy atom. The van der Waals surface area contributed by atoms with Crippen molar-refractivity contribution < 1.29 is 9.53 Å². The summed E-state index contributed by atoms with van der Waals surface area (Å²) in [7, 11) is 0. The first-order valence-electron chi connectivity index (χ1n) is 7.06. The number of likely N-dealkylation sites (tertiary alicyclic amines) is 1. The molecule has 1 aromatic heterocycles. The third kappa shape index (κ3) is 2.94. The van der Waals surface area contributed by atoms with Gasteiger partial charge in [-0.2, -0.15) is 5.10 Å². The summed E-state index contributed by atoms with van der Waals surface area (Å²) >= 11 is 0. The van der Waals surface area contributed by atoms with Crippen molar-refractivity contribution in [3.05, 3.63) is 12.7 Å². The number of carbonyl (C=O) groups is 1. The second-order valence-electron chi connectivity index (χ2n) is 5.35. The van der Waals surface area contributed by atoms with Crippen molar-refractivity contribution in [3.63, 3.8) is 0 Å². The molecule has 2 fully saturated rings. The molecule has 0 N–H and O–H groups in total. The quantitative estimate of drug-likeness (QED) is 0.817. The molecule has 0 bridgehead atoms.